The van der Waals surface area contributed by atoms with Crippen molar-refractivity contribution in [2.45, 2.75) is 13.0 Å². The van der Waals surface area contributed by atoms with Crippen LogP contribution in [0.5, 0.6) is 0 Å². The lowest BCUT2D eigenvalue weighted by Gasteiger charge is -2.09. The van der Waals surface area contributed by atoms with Crippen molar-refractivity contribution in [1.82, 2.24) is 9.78 Å². The van der Waals surface area contributed by atoms with Crippen LogP contribution in [0.1, 0.15) is 22.2 Å². The Morgan fingerprint density at radius 3 is 2.79 bits per heavy atom. The average Bonchev–Trinajstić information content (AvgIpc) is 2.73. The molecule has 2 aromatic heterocycles. The number of thiophene rings is 1. The Kier molecular flexibility index (Phi) is 2.39. The molecule has 1 N–H and O–H groups in total. The first-order valence-corrected chi connectivity index (χ1v) is 5.28. The lowest BCUT2D eigenvalue weighted by atomic mass is 10.1. The van der Waals surface area contributed by atoms with E-state index in [1.54, 1.807) is 22.2 Å². The Bertz CT molecular complexity index is 393. The molecule has 14 heavy (non-hydrogen) atoms. The van der Waals surface area contributed by atoms with Crippen LogP contribution in [0, 0.1) is 6.92 Å². The maximum Gasteiger partial charge on any atom is 0.130 e. The van der Waals surface area contributed by atoms with E-state index >= 15 is 0 Å². The van der Waals surface area contributed by atoms with Gasteiger partial charge in [0.25, 0.3) is 0 Å². The number of rotatable bonds is 2. The highest BCUT2D eigenvalue weighted by atomic mass is 32.1. The Morgan fingerprint density at radius 2 is 2.29 bits per heavy atom. The number of aromatic nitrogens is 2. The van der Waals surface area contributed by atoms with Gasteiger partial charge in [-0.3, -0.25) is 4.68 Å². The maximum atomic E-state index is 10.1. The second-order valence-electron chi connectivity index (χ2n) is 3.25. The third-order valence-electron chi connectivity index (χ3n) is 2.29. The lowest BCUT2D eigenvalue weighted by Crippen LogP contribution is -2.05. The van der Waals surface area contributed by atoms with Crippen molar-refractivity contribution < 1.29 is 5.11 Å². The summed E-state index contributed by atoms with van der Waals surface area (Å²) in [6.07, 6.45) is 1.14. The normalized spacial score (nSPS) is 13.1. The van der Waals surface area contributed by atoms with Crippen LogP contribution in [0.15, 0.2) is 23.7 Å². The molecule has 2 heterocycles. The smallest absolute Gasteiger partial charge is 0.130 e. The zero-order chi connectivity index (χ0) is 10.1. The highest BCUT2D eigenvalue weighted by Gasteiger charge is 2.16. The highest BCUT2D eigenvalue weighted by molar-refractivity contribution is 7.10. The van der Waals surface area contributed by atoms with E-state index in [0.717, 1.165) is 16.1 Å². The predicted octanol–water partition coefficient (Wildman–Crippen LogP) is 1.87. The molecule has 0 fully saturated rings. The molecule has 0 saturated heterocycles. The van der Waals surface area contributed by atoms with E-state index in [0.29, 0.717) is 0 Å². The quantitative estimate of drug-likeness (QED) is 0.818. The minimum atomic E-state index is -0.553. The van der Waals surface area contributed by atoms with Crippen LogP contribution in [0.2, 0.25) is 0 Å². The van der Waals surface area contributed by atoms with Crippen LogP contribution in [0.25, 0.3) is 0 Å². The van der Waals surface area contributed by atoms with Crippen molar-refractivity contribution in [3.8, 4) is 0 Å². The van der Waals surface area contributed by atoms with Gasteiger partial charge in [0.15, 0.2) is 0 Å². The molecular weight excluding hydrogens is 196 g/mol. The molecule has 1 atom stereocenters. The molecule has 2 rings (SSSR count). The van der Waals surface area contributed by atoms with Crippen molar-refractivity contribution in [1.29, 1.82) is 0 Å². The van der Waals surface area contributed by atoms with Crippen molar-refractivity contribution >= 4 is 11.3 Å². The van der Waals surface area contributed by atoms with Crippen molar-refractivity contribution in [3.63, 3.8) is 0 Å². The van der Waals surface area contributed by atoms with Crippen molar-refractivity contribution in [2.24, 2.45) is 7.05 Å². The van der Waals surface area contributed by atoms with Crippen LogP contribution in [-0.2, 0) is 7.05 Å². The number of hydrogen-bond acceptors (Lipinski definition) is 3. The Balaban J connectivity index is 2.38. The number of aryl methyl sites for hydroxylation is 2. The monoisotopic (exact) mass is 208 g/mol. The van der Waals surface area contributed by atoms with E-state index in [-0.39, 0.29) is 0 Å². The summed E-state index contributed by atoms with van der Waals surface area (Å²) < 4.78 is 1.70. The van der Waals surface area contributed by atoms with Gasteiger partial charge in [-0.25, -0.2) is 0 Å². The summed E-state index contributed by atoms with van der Waals surface area (Å²) in [7, 11) is 1.83. The molecule has 0 aliphatic heterocycles. The third-order valence-corrected chi connectivity index (χ3v) is 3.36. The molecule has 3 nitrogen and oxygen atoms in total. The van der Waals surface area contributed by atoms with Gasteiger partial charge in [0.05, 0.1) is 5.69 Å². The summed E-state index contributed by atoms with van der Waals surface area (Å²) in [5, 5.41) is 16.1. The van der Waals surface area contributed by atoms with Gasteiger partial charge in [-0.05, 0) is 30.0 Å². The van der Waals surface area contributed by atoms with Gasteiger partial charge >= 0.3 is 0 Å². The molecule has 0 aromatic carbocycles. The Labute approximate surface area is 86.6 Å². The maximum absolute atomic E-state index is 10.1. The third kappa shape index (κ3) is 1.47. The molecule has 0 amide bonds. The van der Waals surface area contributed by atoms with Crippen LogP contribution in [-0.4, -0.2) is 14.9 Å². The Hall–Kier alpha value is -1.13. The summed E-state index contributed by atoms with van der Waals surface area (Å²) in [5.74, 6) is 0. The largest absolute Gasteiger partial charge is 0.381 e. The van der Waals surface area contributed by atoms with Gasteiger partial charge < -0.3 is 5.11 Å². The second kappa shape index (κ2) is 3.55. The first kappa shape index (κ1) is 9.43. The SMILES string of the molecule is Cc1ccsc1[C@@H](O)c1ccnn1C. The number of aliphatic hydroxyl groups excluding tert-OH is 1. The topological polar surface area (TPSA) is 38.1 Å². The van der Waals surface area contributed by atoms with Gasteiger partial charge in [-0.2, -0.15) is 5.10 Å². The standard InChI is InChI=1S/C10H12N2OS/c1-7-4-6-14-10(7)9(13)8-3-5-11-12(8)2/h3-6,9,13H,1-2H3/t9-/m0/s1. The van der Waals surface area contributed by atoms with E-state index in [1.165, 1.54) is 0 Å². The molecule has 0 aliphatic carbocycles. The van der Waals surface area contributed by atoms with Crippen LogP contribution in [0.3, 0.4) is 0 Å². The Morgan fingerprint density at radius 1 is 1.50 bits per heavy atom. The van der Waals surface area contributed by atoms with E-state index in [1.807, 2.05) is 31.5 Å². The summed E-state index contributed by atoms with van der Waals surface area (Å²) in [4.78, 5) is 0.994. The van der Waals surface area contributed by atoms with Crippen molar-refractivity contribution in [2.75, 3.05) is 0 Å². The fourth-order valence-corrected chi connectivity index (χ4v) is 2.37. The summed E-state index contributed by atoms with van der Waals surface area (Å²) in [6.45, 7) is 2.01. The van der Waals surface area contributed by atoms with E-state index < -0.39 is 6.10 Å². The average molecular weight is 208 g/mol. The van der Waals surface area contributed by atoms with Crippen LogP contribution >= 0.6 is 11.3 Å². The molecule has 0 aliphatic rings. The molecule has 4 heteroatoms. The molecule has 0 saturated carbocycles. The second-order valence-corrected chi connectivity index (χ2v) is 4.20. The predicted molar refractivity (Wildman–Crippen MR) is 56.3 cm³/mol. The summed E-state index contributed by atoms with van der Waals surface area (Å²) >= 11 is 1.57. The summed E-state index contributed by atoms with van der Waals surface area (Å²) in [5.41, 5.74) is 1.96. The van der Waals surface area contributed by atoms with Gasteiger partial charge in [-0.1, -0.05) is 0 Å². The number of hydrogen-bond donors (Lipinski definition) is 1. The fraction of sp³-hybridized carbons (Fsp3) is 0.300. The molecule has 0 unspecified atom stereocenters. The fourth-order valence-electron chi connectivity index (χ4n) is 1.45. The molecule has 0 bridgehead atoms. The zero-order valence-electron chi connectivity index (χ0n) is 8.14. The van der Waals surface area contributed by atoms with E-state index in [2.05, 4.69) is 5.10 Å². The molecule has 0 spiro atoms. The van der Waals surface area contributed by atoms with Crippen LogP contribution in [0.4, 0.5) is 0 Å². The van der Waals surface area contributed by atoms with E-state index in [4.69, 9.17) is 0 Å². The molecular formula is C10H12N2OS. The molecule has 2 aromatic rings. The van der Waals surface area contributed by atoms with Gasteiger partial charge in [0, 0.05) is 18.1 Å². The first-order chi connectivity index (χ1) is 6.70. The number of nitrogens with zero attached hydrogens (tertiary/aromatic N) is 2. The minimum absolute atomic E-state index is 0.553. The lowest BCUT2D eigenvalue weighted by molar-refractivity contribution is 0.213. The first-order valence-electron chi connectivity index (χ1n) is 4.40. The zero-order valence-corrected chi connectivity index (χ0v) is 8.95. The van der Waals surface area contributed by atoms with Crippen molar-refractivity contribution in [3.05, 3.63) is 39.8 Å². The highest BCUT2D eigenvalue weighted by Crippen LogP contribution is 2.28. The molecule has 0 radical (unpaired) electrons. The van der Waals surface area contributed by atoms with Gasteiger partial charge in [0.1, 0.15) is 6.10 Å². The minimum Gasteiger partial charge on any atom is -0.381 e. The number of aliphatic hydroxyl groups is 1. The van der Waals surface area contributed by atoms with E-state index in [9.17, 15) is 5.11 Å². The van der Waals surface area contributed by atoms with Gasteiger partial charge in [0.2, 0.25) is 0 Å². The van der Waals surface area contributed by atoms with Gasteiger partial charge in [-0.15, -0.1) is 11.3 Å². The summed E-state index contributed by atoms with van der Waals surface area (Å²) in [6, 6.07) is 3.85. The molecule has 74 valence electrons. The van der Waals surface area contributed by atoms with Crippen LogP contribution < -0.4 is 0 Å².